The van der Waals surface area contributed by atoms with Crippen molar-refractivity contribution >= 4 is 12.1 Å². The molecule has 0 N–H and O–H groups in total. The minimum absolute atomic E-state index is 0.402. The van der Waals surface area contributed by atoms with Crippen LogP contribution in [0, 0.1) is 0 Å². The van der Waals surface area contributed by atoms with Crippen molar-refractivity contribution in [2.45, 2.75) is 33.1 Å². The Morgan fingerprint density at radius 3 is 2.80 bits per heavy atom. The molecule has 2 heteroatoms. The fourth-order valence-electron chi connectivity index (χ4n) is 1.37. The van der Waals surface area contributed by atoms with E-state index in [1.54, 1.807) is 6.92 Å². The summed E-state index contributed by atoms with van der Waals surface area (Å²) in [6.07, 6.45) is 4.03. The summed E-state index contributed by atoms with van der Waals surface area (Å²) in [5.74, 6) is 1.20. The highest BCUT2D eigenvalue weighted by molar-refractivity contribution is 6.24. The lowest BCUT2D eigenvalue weighted by atomic mass is 10.1. The highest BCUT2D eigenvalue weighted by Crippen LogP contribution is 2.20. The molecular formula is C13H17O2+. The number of para-hydroxylation sites is 1. The maximum Gasteiger partial charge on any atom is 0.366 e. The van der Waals surface area contributed by atoms with Gasteiger partial charge in [-0.3, -0.25) is 4.79 Å². The summed E-state index contributed by atoms with van der Waals surface area (Å²) < 4.78 is 5.44. The molecule has 0 fully saturated rings. The van der Waals surface area contributed by atoms with Crippen molar-refractivity contribution in [3.63, 3.8) is 0 Å². The number of ketones is 1. The van der Waals surface area contributed by atoms with E-state index >= 15 is 0 Å². The maximum atomic E-state index is 10.5. The Balaban J connectivity index is 2.90. The lowest BCUT2D eigenvalue weighted by Crippen LogP contribution is -1.95. The first kappa shape index (κ1) is 11.6. The van der Waals surface area contributed by atoms with Gasteiger partial charge < -0.3 is 0 Å². The third kappa shape index (κ3) is 3.66. The standard InChI is InChI=1S/C13H17O2/c1-3-4-7-12-8-5-6-9-13(12)15-11(2)10-14/h5-6,8-10H,3-4,7H2,1-2H3/q+1. The number of rotatable bonds is 5. The minimum Gasteiger partial charge on any atom is -0.288 e. The van der Waals surface area contributed by atoms with Gasteiger partial charge in [-0.2, -0.15) is 0 Å². The number of aldehydes is 1. The molecule has 2 nitrogen and oxygen atoms in total. The number of aryl methyl sites for hydroxylation is 1. The zero-order valence-electron chi connectivity index (χ0n) is 9.32. The van der Waals surface area contributed by atoms with Gasteiger partial charge in [0, 0.05) is 6.07 Å². The third-order valence-electron chi connectivity index (χ3n) is 2.21. The first-order valence-electron chi connectivity index (χ1n) is 5.32. The van der Waals surface area contributed by atoms with Gasteiger partial charge in [0.05, 0.1) is 12.5 Å². The van der Waals surface area contributed by atoms with Crippen LogP contribution in [-0.2, 0) is 15.6 Å². The lowest BCUT2D eigenvalue weighted by Gasteiger charge is -1.96. The van der Waals surface area contributed by atoms with E-state index in [1.165, 1.54) is 5.56 Å². The fraction of sp³-hybridized carbons (Fsp3) is 0.385. The molecule has 0 atom stereocenters. The smallest absolute Gasteiger partial charge is 0.288 e. The maximum absolute atomic E-state index is 10.5. The number of hydrogen-bond acceptors (Lipinski definition) is 1. The largest absolute Gasteiger partial charge is 0.366 e. The van der Waals surface area contributed by atoms with Crippen molar-refractivity contribution in [2.24, 2.45) is 0 Å². The molecule has 0 aliphatic heterocycles. The zero-order chi connectivity index (χ0) is 11.1. The molecule has 0 heterocycles. The van der Waals surface area contributed by atoms with Crippen molar-refractivity contribution in [1.82, 2.24) is 0 Å². The van der Waals surface area contributed by atoms with Crippen LogP contribution in [0.5, 0.6) is 5.75 Å². The second-order valence-electron chi connectivity index (χ2n) is 3.54. The van der Waals surface area contributed by atoms with Crippen molar-refractivity contribution in [3.05, 3.63) is 29.8 Å². The van der Waals surface area contributed by atoms with Gasteiger partial charge in [0.2, 0.25) is 6.29 Å². The van der Waals surface area contributed by atoms with E-state index in [2.05, 4.69) is 6.92 Å². The highest BCUT2D eigenvalue weighted by atomic mass is 16.4. The Kier molecular flexibility index (Phi) is 4.75. The summed E-state index contributed by atoms with van der Waals surface area (Å²) in [5, 5.41) is 0. The van der Waals surface area contributed by atoms with Gasteiger partial charge in [-0.15, -0.1) is 0 Å². The summed E-state index contributed by atoms with van der Waals surface area (Å²) in [5.41, 5.74) is 1.17. The van der Waals surface area contributed by atoms with E-state index in [1.807, 2.05) is 24.3 Å². The van der Waals surface area contributed by atoms with E-state index < -0.39 is 0 Å². The Labute approximate surface area is 90.6 Å². The van der Waals surface area contributed by atoms with E-state index in [9.17, 15) is 4.79 Å². The Hall–Kier alpha value is -1.44. The van der Waals surface area contributed by atoms with Crippen LogP contribution in [0.25, 0.3) is 0 Å². The molecule has 0 aromatic heterocycles. The van der Waals surface area contributed by atoms with Gasteiger partial charge in [-0.25, -0.2) is 4.42 Å². The average Bonchev–Trinajstić information content (AvgIpc) is 2.28. The van der Waals surface area contributed by atoms with E-state index in [-0.39, 0.29) is 0 Å². The van der Waals surface area contributed by atoms with E-state index in [0.29, 0.717) is 5.78 Å². The predicted octanol–water partition coefficient (Wildman–Crippen LogP) is 3.07. The topological polar surface area (TPSA) is 28.4 Å². The molecule has 1 aromatic rings. The molecule has 0 unspecified atom stereocenters. The zero-order valence-corrected chi connectivity index (χ0v) is 9.32. The van der Waals surface area contributed by atoms with E-state index in [0.717, 1.165) is 31.3 Å². The molecule has 0 saturated heterocycles. The van der Waals surface area contributed by atoms with Crippen LogP contribution in [0.15, 0.2) is 24.3 Å². The van der Waals surface area contributed by atoms with Gasteiger partial charge in [0.15, 0.2) is 0 Å². The number of carbonyl (C=O) groups excluding carboxylic acids is 2. The monoisotopic (exact) mass is 205 g/mol. The Morgan fingerprint density at radius 2 is 2.13 bits per heavy atom. The molecule has 1 aromatic carbocycles. The Morgan fingerprint density at radius 1 is 1.40 bits per heavy atom. The summed E-state index contributed by atoms with van der Waals surface area (Å²) in [6, 6.07) is 7.86. The molecular weight excluding hydrogens is 188 g/mol. The van der Waals surface area contributed by atoms with Gasteiger partial charge in [0.25, 0.3) is 0 Å². The molecule has 0 saturated carbocycles. The summed E-state index contributed by atoms with van der Waals surface area (Å²) >= 11 is 0. The van der Waals surface area contributed by atoms with Crippen molar-refractivity contribution in [2.75, 3.05) is 0 Å². The lowest BCUT2D eigenvalue weighted by molar-refractivity contribution is -0.366. The molecule has 0 radical (unpaired) electrons. The van der Waals surface area contributed by atoms with Crippen LogP contribution >= 0.6 is 0 Å². The van der Waals surface area contributed by atoms with Gasteiger partial charge in [-0.1, -0.05) is 25.5 Å². The van der Waals surface area contributed by atoms with Gasteiger partial charge >= 0.3 is 11.5 Å². The van der Waals surface area contributed by atoms with Gasteiger partial charge in [0.1, 0.15) is 0 Å². The second kappa shape index (κ2) is 6.12. The Bertz CT molecular complexity index is 353. The summed E-state index contributed by atoms with van der Waals surface area (Å²) in [6.45, 7) is 3.83. The first-order valence-corrected chi connectivity index (χ1v) is 5.32. The number of carbonyl (C=O) groups is 1. The number of unbranched alkanes of at least 4 members (excludes halogenated alkanes) is 1. The number of hydrogen-bond donors (Lipinski definition) is 0. The van der Waals surface area contributed by atoms with Crippen molar-refractivity contribution in [1.29, 1.82) is 0 Å². The molecule has 1 rings (SSSR count). The number of benzene rings is 1. The molecule has 0 spiro atoms. The molecule has 0 bridgehead atoms. The summed E-state index contributed by atoms with van der Waals surface area (Å²) in [7, 11) is 0. The van der Waals surface area contributed by atoms with Crippen LogP contribution in [0.1, 0.15) is 32.3 Å². The van der Waals surface area contributed by atoms with Crippen LogP contribution in [0.3, 0.4) is 0 Å². The van der Waals surface area contributed by atoms with Gasteiger partial charge in [-0.05, 0) is 18.9 Å². The van der Waals surface area contributed by atoms with Crippen molar-refractivity contribution in [3.8, 4) is 5.75 Å². The van der Waals surface area contributed by atoms with Crippen LogP contribution in [0.4, 0.5) is 0 Å². The third-order valence-corrected chi connectivity index (χ3v) is 2.21. The quantitative estimate of drug-likeness (QED) is 0.412. The minimum atomic E-state index is 0.402. The molecule has 15 heavy (non-hydrogen) atoms. The highest BCUT2D eigenvalue weighted by Gasteiger charge is 2.12. The van der Waals surface area contributed by atoms with E-state index in [4.69, 9.17) is 4.42 Å². The predicted molar refractivity (Wildman–Crippen MR) is 61.2 cm³/mol. The summed E-state index contributed by atoms with van der Waals surface area (Å²) in [4.78, 5) is 10.5. The SMILES string of the molecule is CCCCc1ccccc1[O+]=C(C)C=O. The molecule has 0 amide bonds. The average molecular weight is 205 g/mol. The van der Waals surface area contributed by atoms with Crippen LogP contribution in [-0.4, -0.2) is 12.1 Å². The van der Waals surface area contributed by atoms with Crippen LogP contribution < -0.4 is 0 Å². The molecule has 0 aliphatic rings. The first-order chi connectivity index (χ1) is 7.27. The second-order valence-corrected chi connectivity index (χ2v) is 3.54. The molecule has 0 aliphatic carbocycles. The molecule has 80 valence electrons. The van der Waals surface area contributed by atoms with Crippen LogP contribution in [0.2, 0.25) is 0 Å². The fourth-order valence-corrected chi connectivity index (χ4v) is 1.37. The normalized spacial score (nSPS) is 11.5. The van der Waals surface area contributed by atoms with Crippen molar-refractivity contribution < 1.29 is 9.22 Å².